The lowest BCUT2D eigenvalue weighted by Gasteiger charge is -2.27. The summed E-state index contributed by atoms with van der Waals surface area (Å²) in [4.78, 5) is 0. The Bertz CT molecular complexity index is 740. The van der Waals surface area contributed by atoms with Crippen LogP contribution in [0.3, 0.4) is 0 Å². The average Bonchev–Trinajstić information content (AvgIpc) is 2.92. The summed E-state index contributed by atoms with van der Waals surface area (Å²) in [5.74, 6) is 2.92. The second-order valence-corrected chi connectivity index (χ2v) is 5.40. The van der Waals surface area contributed by atoms with Gasteiger partial charge in [0, 0.05) is 17.2 Å². The molecule has 0 aromatic heterocycles. The van der Waals surface area contributed by atoms with Crippen LogP contribution in [0.5, 0.6) is 28.7 Å². The van der Waals surface area contributed by atoms with Crippen LogP contribution in [0.1, 0.15) is 23.1 Å². The van der Waals surface area contributed by atoms with Crippen LogP contribution in [-0.4, -0.2) is 25.9 Å². The molecule has 0 amide bonds. The lowest BCUT2D eigenvalue weighted by atomic mass is 9.89. The van der Waals surface area contributed by atoms with Gasteiger partial charge in [0.1, 0.15) is 17.6 Å². The highest BCUT2D eigenvalue weighted by molar-refractivity contribution is 5.61. The van der Waals surface area contributed by atoms with Crippen LogP contribution < -0.4 is 18.9 Å². The van der Waals surface area contributed by atoms with Crippen LogP contribution in [0, 0.1) is 0 Å². The molecule has 0 radical (unpaired) electrons. The van der Waals surface area contributed by atoms with Crippen molar-refractivity contribution in [3.05, 3.63) is 41.5 Å². The number of rotatable bonds is 2. The first-order chi connectivity index (χ1) is 10.7. The summed E-state index contributed by atoms with van der Waals surface area (Å²) in [5.41, 5.74) is 1.99. The van der Waals surface area contributed by atoms with Gasteiger partial charge in [-0.05, 0) is 18.2 Å². The third-order valence-corrected chi connectivity index (χ3v) is 4.26. The molecule has 0 fully saturated rings. The zero-order valence-electron chi connectivity index (χ0n) is 12.3. The normalized spacial score (nSPS) is 21.0. The minimum atomic E-state index is -0.139. The zero-order chi connectivity index (χ0) is 15.3. The van der Waals surface area contributed by atoms with Gasteiger partial charge in [0.05, 0.1) is 26.7 Å². The number of phenolic OH excluding ortho intramolecular Hbond substituents is 1. The first kappa shape index (κ1) is 13.1. The van der Waals surface area contributed by atoms with E-state index in [-0.39, 0.29) is 17.8 Å². The molecule has 2 heterocycles. The molecule has 0 saturated heterocycles. The molecule has 114 valence electrons. The molecule has 2 aromatic carbocycles. The summed E-state index contributed by atoms with van der Waals surface area (Å²) in [6, 6.07) is 8.99. The van der Waals surface area contributed by atoms with E-state index in [9.17, 15) is 5.11 Å². The van der Waals surface area contributed by atoms with Gasteiger partial charge in [-0.3, -0.25) is 0 Å². The standard InChI is InChI=1S/C17H16O5/c1-19-13-6-5-10-12-8-21-14-7-9(18)3-4-11(14)15(12)22-16(10)17(13)20-2/h3-7,12,15,18H,8H2,1-2H3/t12-,15-/m0/s1. The molecule has 2 aliphatic heterocycles. The van der Waals surface area contributed by atoms with Crippen LogP contribution in [0.15, 0.2) is 30.3 Å². The van der Waals surface area contributed by atoms with Gasteiger partial charge in [0.25, 0.3) is 0 Å². The van der Waals surface area contributed by atoms with E-state index in [1.165, 1.54) is 0 Å². The van der Waals surface area contributed by atoms with Gasteiger partial charge in [-0.15, -0.1) is 0 Å². The maximum absolute atomic E-state index is 9.60. The van der Waals surface area contributed by atoms with Crippen LogP contribution in [0.4, 0.5) is 0 Å². The molecule has 0 saturated carbocycles. The molecule has 5 heteroatoms. The van der Waals surface area contributed by atoms with Crippen molar-refractivity contribution >= 4 is 0 Å². The smallest absolute Gasteiger partial charge is 0.203 e. The topological polar surface area (TPSA) is 57.2 Å². The highest BCUT2D eigenvalue weighted by Gasteiger charge is 2.42. The van der Waals surface area contributed by atoms with E-state index in [1.807, 2.05) is 18.2 Å². The summed E-state index contributed by atoms with van der Waals surface area (Å²) in [6.45, 7) is 0.504. The van der Waals surface area contributed by atoms with E-state index in [4.69, 9.17) is 18.9 Å². The molecule has 2 atom stereocenters. The van der Waals surface area contributed by atoms with Crippen LogP contribution in [0.25, 0.3) is 0 Å². The molecule has 0 aliphatic carbocycles. The van der Waals surface area contributed by atoms with Gasteiger partial charge in [-0.1, -0.05) is 6.07 Å². The fraction of sp³-hybridized carbons (Fsp3) is 0.294. The molecule has 0 spiro atoms. The number of phenols is 1. The van der Waals surface area contributed by atoms with Gasteiger partial charge >= 0.3 is 0 Å². The number of fused-ring (bicyclic) bond motifs is 5. The number of benzene rings is 2. The third kappa shape index (κ3) is 1.71. The largest absolute Gasteiger partial charge is 0.508 e. The number of hydrogen-bond acceptors (Lipinski definition) is 5. The Labute approximate surface area is 128 Å². The fourth-order valence-electron chi connectivity index (χ4n) is 3.22. The van der Waals surface area contributed by atoms with Crippen molar-refractivity contribution < 1.29 is 24.1 Å². The molecule has 5 nitrogen and oxygen atoms in total. The Morgan fingerprint density at radius 1 is 1.09 bits per heavy atom. The van der Waals surface area contributed by atoms with Crippen molar-refractivity contribution in [1.29, 1.82) is 0 Å². The Balaban J connectivity index is 1.82. The predicted octanol–water partition coefficient (Wildman–Crippen LogP) is 3.02. The van der Waals surface area contributed by atoms with E-state index in [0.717, 1.165) is 11.1 Å². The first-order valence-corrected chi connectivity index (χ1v) is 7.10. The maximum Gasteiger partial charge on any atom is 0.203 e. The monoisotopic (exact) mass is 300 g/mol. The Kier molecular flexibility index (Phi) is 2.82. The van der Waals surface area contributed by atoms with Crippen LogP contribution in [-0.2, 0) is 0 Å². The quantitative estimate of drug-likeness (QED) is 0.924. The van der Waals surface area contributed by atoms with E-state index in [1.54, 1.807) is 26.4 Å². The Morgan fingerprint density at radius 3 is 2.68 bits per heavy atom. The van der Waals surface area contributed by atoms with E-state index < -0.39 is 0 Å². The van der Waals surface area contributed by atoms with E-state index >= 15 is 0 Å². The van der Waals surface area contributed by atoms with Crippen molar-refractivity contribution in [2.24, 2.45) is 0 Å². The first-order valence-electron chi connectivity index (χ1n) is 7.10. The SMILES string of the molecule is COc1ccc2c(c1OC)O[C@H]1c3ccc(O)cc3OC[C@@H]21. The van der Waals surface area contributed by atoms with Crippen molar-refractivity contribution in [2.45, 2.75) is 12.0 Å². The van der Waals surface area contributed by atoms with E-state index in [2.05, 4.69) is 0 Å². The average molecular weight is 300 g/mol. The molecule has 2 aromatic rings. The molecule has 22 heavy (non-hydrogen) atoms. The molecular formula is C17H16O5. The minimum Gasteiger partial charge on any atom is -0.508 e. The van der Waals surface area contributed by atoms with Crippen molar-refractivity contribution in [2.75, 3.05) is 20.8 Å². The predicted molar refractivity (Wildman–Crippen MR) is 79.3 cm³/mol. The molecule has 0 unspecified atom stereocenters. The maximum atomic E-state index is 9.60. The molecule has 2 aliphatic rings. The lowest BCUT2D eigenvalue weighted by Crippen LogP contribution is -2.22. The van der Waals surface area contributed by atoms with Crippen LogP contribution in [0.2, 0.25) is 0 Å². The summed E-state index contributed by atoms with van der Waals surface area (Å²) in [6.07, 6.45) is -0.139. The number of ether oxygens (including phenoxy) is 4. The Morgan fingerprint density at radius 2 is 1.91 bits per heavy atom. The number of methoxy groups -OCH3 is 2. The lowest BCUT2D eigenvalue weighted by molar-refractivity contribution is 0.136. The second kappa shape index (κ2) is 4.73. The highest BCUT2D eigenvalue weighted by atomic mass is 16.5. The molecule has 0 bridgehead atoms. The third-order valence-electron chi connectivity index (χ3n) is 4.26. The summed E-state index contributed by atoms with van der Waals surface area (Å²) in [7, 11) is 3.21. The van der Waals surface area contributed by atoms with Crippen LogP contribution >= 0.6 is 0 Å². The van der Waals surface area contributed by atoms with Gasteiger partial charge in [-0.25, -0.2) is 0 Å². The fourth-order valence-corrected chi connectivity index (χ4v) is 3.22. The van der Waals surface area contributed by atoms with Crippen molar-refractivity contribution in [1.82, 2.24) is 0 Å². The minimum absolute atomic E-state index is 0.104. The number of aromatic hydroxyl groups is 1. The second-order valence-electron chi connectivity index (χ2n) is 5.40. The van der Waals surface area contributed by atoms with Gasteiger partial charge in [0.2, 0.25) is 5.75 Å². The summed E-state index contributed by atoms with van der Waals surface area (Å²) >= 11 is 0. The van der Waals surface area contributed by atoms with E-state index in [0.29, 0.717) is 29.6 Å². The Hall–Kier alpha value is -2.56. The molecular weight excluding hydrogens is 284 g/mol. The van der Waals surface area contributed by atoms with Crippen molar-refractivity contribution in [3.63, 3.8) is 0 Å². The zero-order valence-corrected chi connectivity index (χ0v) is 12.3. The van der Waals surface area contributed by atoms with Gasteiger partial charge in [0.15, 0.2) is 11.5 Å². The van der Waals surface area contributed by atoms with Crippen molar-refractivity contribution in [3.8, 4) is 28.7 Å². The molecule has 1 N–H and O–H groups in total. The van der Waals surface area contributed by atoms with Gasteiger partial charge < -0.3 is 24.1 Å². The number of hydrogen-bond donors (Lipinski definition) is 1. The summed E-state index contributed by atoms with van der Waals surface area (Å²) in [5, 5.41) is 9.60. The van der Waals surface area contributed by atoms with Gasteiger partial charge in [-0.2, -0.15) is 0 Å². The molecule has 4 rings (SSSR count). The highest BCUT2D eigenvalue weighted by Crippen LogP contribution is 2.56. The summed E-state index contributed by atoms with van der Waals surface area (Å²) < 4.78 is 22.8.